The molecule has 6 heteroatoms. The van der Waals surface area contributed by atoms with Gasteiger partial charge < -0.3 is 14.3 Å². The molecule has 3 rings (SSSR count). The lowest BCUT2D eigenvalue weighted by Gasteiger charge is -2.18. The Morgan fingerprint density at radius 1 is 1.15 bits per heavy atom. The van der Waals surface area contributed by atoms with Crippen molar-refractivity contribution in [2.45, 2.75) is 30.6 Å². The van der Waals surface area contributed by atoms with Crippen molar-refractivity contribution in [1.29, 1.82) is 0 Å². The molecule has 2 aromatic carbocycles. The number of aryl methyl sites for hydroxylation is 1. The quantitative estimate of drug-likeness (QED) is 0.650. The molecule has 0 unspecified atom stereocenters. The molecule has 5 nitrogen and oxygen atoms in total. The number of rotatable bonds is 4. The van der Waals surface area contributed by atoms with Gasteiger partial charge in [-0.25, -0.2) is 0 Å². The molecule has 0 radical (unpaired) electrons. The van der Waals surface area contributed by atoms with Gasteiger partial charge in [-0.3, -0.25) is 4.79 Å². The highest BCUT2D eigenvalue weighted by Gasteiger charge is 2.27. The van der Waals surface area contributed by atoms with Gasteiger partial charge in [0.05, 0.1) is 19.1 Å². The Morgan fingerprint density at radius 3 is 2.50 bits per heavy atom. The lowest BCUT2D eigenvalue weighted by atomic mass is 9.94. The largest absolute Gasteiger partial charge is 0.492 e. The Bertz CT molecular complexity index is 898. The Hall–Kier alpha value is -2.18. The molecular weight excluding hydrogens is 350 g/mol. The topological polar surface area (TPSA) is 70.8 Å². The van der Waals surface area contributed by atoms with E-state index in [2.05, 4.69) is 6.92 Å². The maximum absolute atomic E-state index is 12.6. The second-order valence-corrected chi connectivity index (χ2v) is 7.16. The standard InChI is InChI=1S/C20H23NO4S/c1-11-5-6-12-9-16(25-21)19(23-2)20(24-3)18(12)13-7-8-17(26-4)15(22)10-14(11)13/h7-11H,5-6,21H2,1-4H3/t11-/m0/s1. The molecule has 0 saturated heterocycles. The van der Waals surface area contributed by atoms with E-state index in [1.54, 1.807) is 20.3 Å². The SMILES string of the molecule is COc1c(ON)cc2c(c1OC)-c1ccc(SC)c(=O)cc1[C@@H](C)CC2. The van der Waals surface area contributed by atoms with Crippen LogP contribution in [0.4, 0.5) is 0 Å². The lowest BCUT2D eigenvalue weighted by Crippen LogP contribution is -2.06. The molecule has 0 saturated carbocycles. The number of ether oxygens (including phenoxy) is 2. The number of benzene rings is 1. The molecular formula is C20H23NO4S. The molecule has 0 amide bonds. The molecule has 0 bridgehead atoms. The third-order valence-corrected chi connectivity index (χ3v) is 5.70. The molecule has 2 N–H and O–H groups in total. The van der Waals surface area contributed by atoms with Gasteiger partial charge in [0.1, 0.15) is 0 Å². The minimum atomic E-state index is 0.0434. The highest BCUT2D eigenvalue weighted by molar-refractivity contribution is 7.98. The zero-order chi connectivity index (χ0) is 18.8. The average Bonchev–Trinajstić information content (AvgIpc) is 2.89. The van der Waals surface area contributed by atoms with Crippen molar-refractivity contribution < 1.29 is 14.3 Å². The van der Waals surface area contributed by atoms with Gasteiger partial charge >= 0.3 is 0 Å². The van der Waals surface area contributed by atoms with Crippen molar-refractivity contribution in [2.24, 2.45) is 5.90 Å². The van der Waals surface area contributed by atoms with Crippen LogP contribution in [0.2, 0.25) is 0 Å². The van der Waals surface area contributed by atoms with Gasteiger partial charge in [0, 0.05) is 5.56 Å². The van der Waals surface area contributed by atoms with E-state index in [4.69, 9.17) is 20.2 Å². The summed E-state index contributed by atoms with van der Waals surface area (Å²) in [7, 11) is 3.15. The summed E-state index contributed by atoms with van der Waals surface area (Å²) in [6.07, 6.45) is 3.65. The van der Waals surface area contributed by atoms with E-state index >= 15 is 0 Å². The highest BCUT2D eigenvalue weighted by atomic mass is 32.2. The summed E-state index contributed by atoms with van der Waals surface area (Å²) in [4.78, 5) is 18.3. The molecule has 0 fully saturated rings. The minimum Gasteiger partial charge on any atom is -0.492 e. The summed E-state index contributed by atoms with van der Waals surface area (Å²) in [5, 5.41) is 0. The van der Waals surface area contributed by atoms with E-state index in [1.165, 1.54) is 11.8 Å². The number of methoxy groups -OCH3 is 2. The van der Waals surface area contributed by atoms with Crippen LogP contribution in [-0.4, -0.2) is 20.5 Å². The fourth-order valence-corrected chi connectivity index (χ4v) is 4.06. The van der Waals surface area contributed by atoms with Crippen LogP contribution >= 0.6 is 11.8 Å². The molecule has 1 atom stereocenters. The van der Waals surface area contributed by atoms with Crippen molar-refractivity contribution in [3.05, 3.63) is 45.6 Å². The van der Waals surface area contributed by atoms with Crippen LogP contribution in [0.1, 0.15) is 30.4 Å². The number of thioether (sulfide) groups is 1. The van der Waals surface area contributed by atoms with Crippen LogP contribution in [-0.2, 0) is 6.42 Å². The first-order chi connectivity index (χ1) is 12.5. The number of fused-ring (bicyclic) bond motifs is 3. The molecule has 0 heterocycles. The third-order valence-electron chi connectivity index (χ3n) is 4.93. The van der Waals surface area contributed by atoms with Gasteiger partial charge in [0.2, 0.25) is 5.75 Å². The van der Waals surface area contributed by atoms with E-state index < -0.39 is 0 Å². The van der Waals surface area contributed by atoms with Crippen molar-refractivity contribution in [1.82, 2.24) is 0 Å². The summed E-state index contributed by atoms with van der Waals surface area (Å²) in [6.45, 7) is 2.15. The first-order valence-corrected chi connectivity index (χ1v) is 9.65. The van der Waals surface area contributed by atoms with Crippen LogP contribution in [0.15, 0.2) is 34.0 Å². The molecule has 26 heavy (non-hydrogen) atoms. The Labute approximate surface area is 157 Å². The maximum Gasteiger partial charge on any atom is 0.206 e. The monoisotopic (exact) mass is 373 g/mol. The van der Waals surface area contributed by atoms with E-state index in [-0.39, 0.29) is 11.3 Å². The molecule has 2 aromatic rings. The van der Waals surface area contributed by atoms with Crippen molar-refractivity contribution in [3.63, 3.8) is 0 Å². The van der Waals surface area contributed by atoms with Gasteiger partial charge in [-0.05, 0) is 59.9 Å². The number of hydrogen-bond donors (Lipinski definition) is 1. The molecule has 1 aliphatic rings. The van der Waals surface area contributed by atoms with Gasteiger partial charge in [-0.15, -0.1) is 11.8 Å². The van der Waals surface area contributed by atoms with Crippen molar-refractivity contribution in [3.8, 4) is 28.4 Å². The zero-order valence-corrected chi connectivity index (χ0v) is 16.2. The summed E-state index contributed by atoms with van der Waals surface area (Å²) >= 11 is 1.45. The van der Waals surface area contributed by atoms with Crippen LogP contribution in [0.25, 0.3) is 11.1 Å². The number of hydrogen-bond acceptors (Lipinski definition) is 6. The molecule has 1 aliphatic carbocycles. The smallest absolute Gasteiger partial charge is 0.206 e. The second kappa shape index (κ2) is 7.60. The summed E-state index contributed by atoms with van der Waals surface area (Å²) in [5.74, 6) is 7.15. The van der Waals surface area contributed by atoms with E-state index in [1.807, 2.05) is 24.5 Å². The maximum atomic E-state index is 12.6. The third kappa shape index (κ3) is 3.04. The minimum absolute atomic E-state index is 0.0434. The Morgan fingerprint density at radius 2 is 1.88 bits per heavy atom. The fraction of sp³-hybridized carbons (Fsp3) is 0.350. The Balaban J connectivity index is 2.43. The van der Waals surface area contributed by atoms with Gasteiger partial charge in [0.15, 0.2) is 16.9 Å². The highest BCUT2D eigenvalue weighted by Crippen LogP contribution is 2.50. The first-order valence-electron chi connectivity index (χ1n) is 8.42. The number of nitrogens with two attached hydrogens (primary N) is 1. The zero-order valence-electron chi connectivity index (χ0n) is 15.4. The summed E-state index contributed by atoms with van der Waals surface area (Å²) in [6, 6.07) is 7.56. The predicted molar refractivity (Wildman–Crippen MR) is 105 cm³/mol. The molecule has 0 aromatic heterocycles. The van der Waals surface area contributed by atoms with Gasteiger partial charge in [-0.2, -0.15) is 5.90 Å². The van der Waals surface area contributed by atoms with E-state index in [0.717, 1.165) is 40.0 Å². The normalized spacial score (nSPS) is 15.5. The predicted octanol–water partition coefficient (Wildman–Crippen LogP) is 3.76. The first kappa shape index (κ1) is 18.6. The second-order valence-electron chi connectivity index (χ2n) is 6.31. The molecule has 138 valence electrons. The average molecular weight is 373 g/mol. The van der Waals surface area contributed by atoms with Crippen LogP contribution in [0, 0.1) is 0 Å². The van der Waals surface area contributed by atoms with Crippen molar-refractivity contribution in [2.75, 3.05) is 20.5 Å². The van der Waals surface area contributed by atoms with Crippen molar-refractivity contribution >= 4 is 11.8 Å². The van der Waals surface area contributed by atoms with Crippen LogP contribution in [0.3, 0.4) is 0 Å². The Kier molecular flexibility index (Phi) is 5.44. The molecule has 0 aliphatic heterocycles. The van der Waals surface area contributed by atoms with Crippen LogP contribution < -0.4 is 25.6 Å². The summed E-state index contributed by atoms with van der Waals surface area (Å²) < 4.78 is 11.2. The van der Waals surface area contributed by atoms with Gasteiger partial charge in [0.25, 0.3) is 0 Å². The lowest BCUT2D eigenvalue weighted by molar-refractivity contribution is 0.292. The fourth-order valence-electron chi connectivity index (χ4n) is 3.59. The molecule has 0 spiro atoms. The van der Waals surface area contributed by atoms with E-state index in [0.29, 0.717) is 17.2 Å². The summed E-state index contributed by atoms with van der Waals surface area (Å²) in [5.41, 5.74) is 4.06. The van der Waals surface area contributed by atoms with E-state index in [9.17, 15) is 4.79 Å². The van der Waals surface area contributed by atoms with Gasteiger partial charge in [-0.1, -0.05) is 13.0 Å². The van der Waals surface area contributed by atoms with Crippen LogP contribution in [0.5, 0.6) is 17.2 Å².